The van der Waals surface area contributed by atoms with E-state index < -0.39 is 0 Å². The molecule has 0 spiro atoms. The number of nitrogens with zero attached hydrogens (tertiary/aromatic N) is 2. The fraction of sp³-hybridized carbons (Fsp3) is 0.538. The Bertz CT molecular complexity index is 579. The predicted molar refractivity (Wildman–Crippen MR) is 77.5 cm³/mol. The van der Waals surface area contributed by atoms with Crippen LogP contribution in [0.25, 0.3) is 10.2 Å². The molecular weight excluding hydrogens is 266 g/mol. The van der Waals surface area contributed by atoms with E-state index in [9.17, 15) is 0 Å². The molecule has 2 aromatic heterocycles. The lowest BCUT2D eigenvalue weighted by atomic mass is 9.92. The number of rotatable bonds is 2. The molecule has 5 heteroatoms. The normalized spacial score (nSPS) is 22.5. The van der Waals surface area contributed by atoms with Crippen molar-refractivity contribution in [1.82, 2.24) is 9.97 Å². The Hall–Kier alpha value is -0.870. The SMILES string of the molecule is CC1(C)CCC(Nc2nc(Cl)nc3ccsc23)C1. The smallest absolute Gasteiger partial charge is 0.224 e. The first-order valence-corrected chi connectivity index (χ1v) is 7.47. The van der Waals surface area contributed by atoms with E-state index in [4.69, 9.17) is 11.6 Å². The quantitative estimate of drug-likeness (QED) is 0.833. The van der Waals surface area contributed by atoms with E-state index in [-0.39, 0.29) is 0 Å². The van der Waals surface area contributed by atoms with Gasteiger partial charge in [-0.2, -0.15) is 4.98 Å². The van der Waals surface area contributed by atoms with E-state index in [2.05, 4.69) is 29.1 Å². The lowest BCUT2D eigenvalue weighted by Crippen LogP contribution is -2.18. The minimum absolute atomic E-state index is 0.320. The number of nitrogens with one attached hydrogen (secondary N) is 1. The van der Waals surface area contributed by atoms with Crippen LogP contribution in [-0.2, 0) is 0 Å². The second-order valence-electron chi connectivity index (χ2n) is 5.72. The molecular formula is C13H16ClN3S. The topological polar surface area (TPSA) is 37.8 Å². The summed E-state index contributed by atoms with van der Waals surface area (Å²) in [7, 11) is 0. The molecule has 1 saturated carbocycles. The van der Waals surface area contributed by atoms with Crippen molar-refractivity contribution in [3.8, 4) is 0 Å². The largest absolute Gasteiger partial charge is 0.366 e. The molecule has 3 rings (SSSR count). The van der Waals surface area contributed by atoms with Crippen LogP contribution in [0.3, 0.4) is 0 Å². The third-order valence-electron chi connectivity index (χ3n) is 3.59. The second-order valence-corrected chi connectivity index (χ2v) is 6.98. The Balaban J connectivity index is 1.88. The van der Waals surface area contributed by atoms with Crippen LogP contribution >= 0.6 is 22.9 Å². The zero-order chi connectivity index (χ0) is 12.8. The first kappa shape index (κ1) is 12.2. The minimum atomic E-state index is 0.320. The monoisotopic (exact) mass is 281 g/mol. The van der Waals surface area contributed by atoms with Gasteiger partial charge in [0.15, 0.2) is 0 Å². The number of fused-ring (bicyclic) bond motifs is 1. The standard InChI is InChI=1S/C13H16ClN3S/c1-13(2)5-3-8(7-13)15-11-10-9(4-6-18-10)16-12(14)17-11/h4,6,8H,3,5,7H2,1-2H3,(H,15,16,17). The second kappa shape index (κ2) is 4.35. The Morgan fingerprint density at radius 1 is 1.44 bits per heavy atom. The Morgan fingerprint density at radius 3 is 3.00 bits per heavy atom. The van der Waals surface area contributed by atoms with E-state index in [0.717, 1.165) is 16.0 Å². The van der Waals surface area contributed by atoms with Crippen molar-refractivity contribution in [3.63, 3.8) is 0 Å². The summed E-state index contributed by atoms with van der Waals surface area (Å²) in [5.74, 6) is 0.891. The molecule has 0 aliphatic heterocycles. The van der Waals surface area contributed by atoms with E-state index in [1.807, 2.05) is 11.4 Å². The van der Waals surface area contributed by atoms with Crippen LogP contribution in [-0.4, -0.2) is 16.0 Å². The van der Waals surface area contributed by atoms with E-state index in [1.165, 1.54) is 19.3 Å². The van der Waals surface area contributed by atoms with Crippen molar-refractivity contribution >= 4 is 39.0 Å². The average molecular weight is 282 g/mol. The molecule has 0 amide bonds. The first-order valence-electron chi connectivity index (χ1n) is 6.21. The average Bonchev–Trinajstić information content (AvgIpc) is 2.84. The van der Waals surface area contributed by atoms with Crippen LogP contribution in [0.15, 0.2) is 11.4 Å². The van der Waals surface area contributed by atoms with Gasteiger partial charge in [0.25, 0.3) is 0 Å². The molecule has 0 bridgehead atoms. The molecule has 2 aromatic rings. The van der Waals surface area contributed by atoms with Crippen molar-refractivity contribution < 1.29 is 0 Å². The molecule has 1 aliphatic rings. The van der Waals surface area contributed by atoms with Crippen LogP contribution in [0.1, 0.15) is 33.1 Å². The van der Waals surface area contributed by atoms with Gasteiger partial charge >= 0.3 is 0 Å². The Morgan fingerprint density at radius 2 is 2.28 bits per heavy atom. The summed E-state index contributed by atoms with van der Waals surface area (Å²) in [6.45, 7) is 4.64. The predicted octanol–water partition coefficient (Wildman–Crippen LogP) is 4.34. The van der Waals surface area contributed by atoms with Gasteiger partial charge in [-0.25, -0.2) is 4.98 Å². The van der Waals surface area contributed by atoms with Gasteiger partial charge in [-0.15, -0.1) is 11.3 Å². The van der Waals surface area contributed by atoms with Crippen LogP contribution in [0.5, 0.6) is 0 Å². The van der Waals surface area contributed by atoms with Crippen molar-refractivity contribution in [2.45, 2.75) is 39.2 Å². The van der Waals surface area contributed by atoms with Gasteiger partial charge < -0.3 is 5.32 Å². The Labute approximate surface area is 116 Å². The lowest BCUT2D eigenvalue weighted by Gasteiger charge is -2.18. The van der Waals surface area contributed by atoms with E-state index in [0.29, 0.717) is 16.7 Å². The van der Waals surface area contributed by atoms with Crippen LogP contribution < -0.4 is 5.32 Å². The fourth-order valence-electron chi connectivity index (χ4n) is 2.69. The lowest BCUT2D eigenvalue weighted by molar-refractivity contribution is 0.378. The molecule has 3 nitrogen and oxygen atoms in total. The summed E-state index contributed by atoms with van der Waals surface area (Å²) in [6, 6.07) is 2.48. The third kappa shape index (κ3) is 2.31. The molecule has 96 valence electrons. The highest BCUT2D eigenvalue weighted by molar-refractivity contribution is 7.17. The molecule has 0 saturated heterocycles. The van der Waals surface area contributed by atoms with Crippen LogP contribution in [0.2, 0.25) is 5.28 Å². The van der Waals surface area contributed by atoms with Gasteiger partial charge in [0.2, 0.25) is 5.28 Å². The minimum Gasteiger partial charge on any atom is -0.366 e. The molecule has 1 unspecified atom stereocenters. The molecule has 1 atom stereocenters. The van der Waals surface area contributed by atoms with Crippen molar-refractivity contribution in [2.24, 2.45) is 5.41 Å². The molecule has 1 N–H and O–H groups in total. The van der Waals surface area contributed by atoms with Crippen molar-refractivity contribution in [2.75, 3.05) is 5.32 Å². The number of hydrogen-bond donors (Lipinski definition) is 1. The van der Waals surface area contributed by atoms with Gasteiger partial charge in [0.1, 0.15) is 5.82 Å². The van der Waals surface area contributed by atoms with Crippen molar-refractivity contribution in [3.05, 3.63) is 16.7 Å². The number of anilines is 1. The van der Waals surface area contributed by atoms with Gasteiger partial charge in [-0.05, 0) is 47.7 Å². The maximum Gasteiger partial charge on any atom is 0.224 e. The van der Waals surface area contributed by atoms with Crippen LogP contribution in [0.4, 0.5) is 5.82 Å². The van der Waals surface area contributed by atoms with Crippen molar-refractivity contribution in [1.29, 1.82) is 0 Å². The van der Waals surface area contributed by atoms with Gasteiger partial charge in [-0.3, -0.25) is 0 Å². The number of hydrogen-bond acceptors (Lipinski definition) is 4. The zero-order valence-corrected chi connectivity index (χ0v) is 12.1. The van der Waals surface area contributed by atoms with Gasteiger partial charge in [0, 0.05) is 6.04 Å². The number of halogens is 1. The molecule has 18 heavy (non-hydrogen) atoms. The Kier molecular flexibility index (Phi) is 2.94. The summed E-state index contributed by atoms with van der Waals surface area (Å²) >= 11 is 7.62. The summed E-state index contributed by atoms with van der Waals surface area (Å²) in [5.41, 5.74) is 1.36. The maximum atomic E-state index is 5.96. The number of aromatic nitrogens is 2. The molecule has 2 heterocycles. The van der Waals surface area contributed by atoms with E-state index >= 15 is 0 Å². The summed E-state index contributed by atoms with van der Waals surface area (Å²) in [6.07, 6.45) is 3.64. The highest BCUT2D eigenvalue weighted by atomic mass is 35.5. The first-order chi connectivity index (χ1) is 8.53. The summed E-state index contributed by atoms with van der Waals surface area (Å²) in [5, 5.41) is 5.89. The van der Waals surface area contributed by atoms with Gasteiger partial charge in [-0.1, -0.05) is 13.8 Å². The summed E-state index contributed by atoms with van der Waals surface area (Å²) < 4.78 is 1.10. The highest BCUT2D eigenvalue weighted by Crippen LogP contribution is 2.39. The maximum absolute atomic E-state index is 5.96. The molecule has 1 aliphatic carbocycles. The van der Waals surface area contributed by atoms with Gasteiger partial charge in [0.05, 0.1) is 10.2 Å². The molecule has 0 aromatic carbocycles. The highest BCUT2D eigenvalue weighted by Gasteiger charge is 2.31. The zero-order valence-electron chi connectivity index (χ0n) is 10.5. The summed E-state index contributed by atoms with van der Waals surface area (Å²) in [4.78, 5) is 8.56. The molecule has 0 radical (unpaired) electrons. The van der Waals surface area contributed by atoms with E-state index in [1.54, 1.807) is 11.3 Å². The number of thiophene rings is 1. The fourth-order valence-corrected chi connectivity index (χ4v) is 3.64. The molecule has 1 fully saturated rings. The third-order valence-corrected chi connectivity index (χ3v) is 4.67. The van der Waals surface area contributed by atoms with Crippen LogP contribution in [0, 0.1) is 5.41 Å².